The van der Waals surface area contributed by atoms with Crippen LogP contribution in [0.15, 0.2) is 95.0 Å². The van der Waals surface area contributed by atoms with Crippen LogP contribution in [0.1, 0.15) is 0 Å². The third-order valence-corrected chi connectivity index (χ3v) is 6.90. The van der Waals surface area contributed by atoms with Crippen molar-refractivity contribution in [2.45, 2.75) is 9.79 Å². The number of rotatable bonds is 7. The summed E-state index contributed by atoms with van der Waals surface area (Å²) in [4.78, 5) is 18.1. The maximum absolute atomic E-state index is 11.3. The van der Waals surface area contributed by atoms with Gasteiger partial charge in [-0.25, -0.2) is 26.8 Å². The number of hydrogen-bond acceptors (Lipinski definition) is 11. The van der Waals surface area contributed by atoms with Gasteiger partial charge in [-0.3, -0.25) is 10.1 Å². The maximum atomic E-state index is 11.3. The molecule has 0 saturated heterocycles. The van der Waals surface area contributed by atoms with Gasteiger partial charge in [0.1, 0.15) is 17.7 Å². The topological polar surface area (TPSA) is 182 Å². The van der Waals surface area contributed by atoms with Crippen molar-refractivity contribution in [3.8, 4) is 23.3 Å². The van der Waals surface area contributed by atoms with E-state index in [1.54, 1.807) is 24.3 Å². The van der Waals surface area contributed by atoms with E-state index in [0.29, 0.717) is 23.1 Å². The smallest absolute Gasteiger partial charge is 0.287 e. The number of nitrogens with two attached hydrogens (primary N) is 1. The Hall–Kier alpha value is -4.56. The van der Waals surface area contributed by atoms with Crippen LogP contribution in [-0.2, 0) is 19.7 Å². The van der Waals surface area contributed by atoms with Crippen molar-refractivity contribution in [1.82, 2.24) is 9.97 Å². The zero-order chi connectivity index (χ0) is 27.9. The number of anilines is 1. The Bertz CT molecular complexity index is 1610. The summed E-state index contributed by atoms with van der Waals surface area (Å²) in [5.74, 6) is 1.48. The molecule has 0 radical (unpaired) electrons. The molecular weight excluding hydrogens is 536 g/mol. The van der Waals surface area contributed by atoms with E-state index in [2.05, 4.69) is 9.97 Å². The van der Waals surface area contributed by atoms with Crippen molar-refractivity contribution in [1.29, 1.82) is 0 Å². The summed E-state index contributed by atoms with van der Waals surface area (Å²) in [6.07, 6.45) is 4.84. The monoisotopic (exact) mass is 558 g/mol. The van der Waals surface area contributed by atoms with E-state index in [0.717, 1.165) is 18.7 Å². The lowest BCUT2D eigenvalue weighted by Crippen LogP contribution is -1.96. The maximum Gasteiger partial charge on any atom is 0.287 e. The molecule has 2 N–H and O–H groups in total. The molecule has 0 aliphatic carbocycles. The zero-order valence-electron chi connectivity index (χ0n) is 20.1. The SMILES string of the molecule is CS(=O)(=O)c1ccc(Oc2ccc(N)cn2)cc1.CS(=O)(=O)c1ccc(Oc2ccc([N+](=O)[O-])cn2)cc1. The highest BCUT2D eigenvalue weighted by Gasteiger charge is 2.09. The molecule has 0 amide bonds. The normalized spacial score (nSPS) is 11.1. The number of hydrogen-bond donors (Lipinski definition) is 1. The number of nitrogens with zero attached hydrogens (tertiary/aromatic N) is 3. The van der Waals surface area contributed by atoms with Gasteiger partial charge in [-0.2, -0.15) is 0 Å². The summed E-state index contributed by atoms with van der Waals surface area (Å²) >= 11 is 0. The van der Waals surface area contributed by atoms with Gasteiger partial charge in [0.2, 0.25) is 11.8 Å². The lowest BCUT2D eigenvalue weighted by Gasteiger charge is -2.05. The number of nitro groups is 1. The summed E-state index contributed by atoms with van der Waals surface area (Å²) in [6.45, 7) is 0. The van der Waals surface area contributed by atoms with Crippen molar-refractivity contribution in [3.05, 3.63) is 95.3 Å². The Morgan fingerprint density at radius 3 is 1.42 bits per heavy atom. The number of pyridine rings is 2. The van der Waals surface area contributed by atoms with Gasteiger partial charge in [-0.1, -0.05) is 0 Å². The third-order valence-electron chi connectivity index (χ3n) is 4.64. The highest BCUT2D eigenvalue weighted by molar-refractivity contribution is 7.91. The van der Waals surface area contributed by atoms with Crippen LogP contribution in [0, 0.1) is 10.1 Å². The number of aromatic nitrogens is 2. The first-order chi connectivity index (χ1) is 17.8. The van der Waals surface area contributed by atoms with Gasteiger partial charge in [-0.05, 0) is 54.6 Å². The molecule has 2 aromatic carbocycles. The molecule has 2 heterocycles. The average Bonchev–Trinajstić information content (AvgIpc) is 2.86. The molecule has 198 valence electrons. The number of benzene rings is 2. The van der Waals surface area contributed by atoms with Crippen LogP contribution in [0.25, 0.3) is 0 Å². The lowest BCUT2D eigenvalue weighted by atomic mass is 10.3. The van der Waals surface area contributed by atoms with Gasteiger partial charge in [0.15, 0.2) is 19.7 Å². The predicted molar refractivity (Wildman–Crippen MR) is 139 cm³/mol. The van der Waals surface area contributed by atoms with E-state index in [-0.39, 0.29) is 21.4 Å². The number of nitrogen functional groups attached to an aromatic ring is 1. The van der Waals surface area contributed by atoms with Crippen LogP contribution < -0.4 is 15.2 Å². The van der Waals surface area contributed by atoms with E-state index < -0.39 is 24.6 Å². The van der Waals surface area contributed by atoms with Gasteiger partial charge in [-0.15, -0.1) is 0 Å². The van der Waals surface area contributed by atoms with Gasteiger partial charge in [0.25, 0.3) is 5.69 Å². The molecule has 0 bridgehead atoms. The Balaban J connectivity index is 0.000000212. The van der Waals surface area contributed by atoms with Crippen molar-refractivity contribution in [3.63, 3.8) is 0 Å². The van der Waals surface area contributed by atoms with E-state index in [1.807, 2.05) is 0 Å². The van der Waals surface area contributed by atoms with Crippen molar-refractivity contribution >= 4 is 31.0 Å². The molecule has 0 unspecified atom stereocenters. The van der Waals surface area contributed by atoms with Gasteiger partial charge in [0, 0.05) is 30.7 Å². The molecule has 0 aliphatic heterocycles. The summed E-state index contributed by atoms with van der Waals surface area (Å²) in [5.41, 5.74) is 5.92. The molecule has 0 aliphatic rings. The Morgan fingerprint density at radius 2 is 1.11 bits per heavy atom. The fourth-order valence-electron chi connectivity index (χ4n) is 2.74. The molecule has 0 fully saturated rings. The fourth-order valence-corrected chi connectivity index (χ4v) is 4.01. The minimum Gasteiger partial charge on any atom is -0.439 e. The zero-order valence-corrected chi connectivity index (χ0v) is 21.7. The summed E-state index contributed by atoms with van der Waals surface area (Å²) in [6, 6.07) is 17.9. The highest BCUT2D eigenvalue weighted by Crippen LogP contribution is 2.23. The lowest BCUT2D eigenvalue weighted by molar-refractivity contribution is -0.385. The summed E-state index contributed by atoms with van der Waals surface area (Å²) < 4.78 is 55.9. The molecule has 12 nitrogen and oxygen atoms in total. The van der Waals surface area contributed by atoms with Crippen LogP contribution in [0.4, 0.5) is 11.4 Å². The first-order valence-electron chi connectivity index (χ1n) is 10.6. The van der Waals surface area contributed by atoms with Gasteiger partial charge >= 0.3 is 0 Å². The van der Waals surface area contributed by atoms with Crippen molar-refractivity contribution in [2.24, 2.45) is 0 Å². The van der Waals surface area contributed by atoms with E-state index in [4.69, 9.17) is 15.2 Å². The molecule has 4 rings (SSSR count). The van der Waals surface area contributed by atoms with E-state index in [1.165, 1.54) is 54.7 Å². The summed E-state index contributed by atoms with van der Waals surface area (Å²) in [7, 11) is -6.44. The van der Waals surface area contributed by atoms with Crippen LogP contribution in [-0.4, -0.2) is 44.2 Å². The quantitative estimate of drug-likeness (QED) is 0.255. The van der Waals surface area contributed by atoms with E-state index >= 15 is 0 Å². The number of sulfone groups is 2. The standard InChI is InChI=1S/C12H10N2O5S.C12H12N2O3S/c1-20(17,18)11-5-3-10(4-6-11)19-12-7-2-9(8-13-12)14(15)16;1-18(15,16)11-5-3-10(4-6-11)17-12-7-2-9(13)8-14-12/h2-8H,1H3;2-8H,13H2,1H3. The molecule has 0 atom stereocenters. The van der Waals surface area contributed by atoms with Gasteiger partial charge < -0.3 is 15.2 Å². The fraction of sp³-hybridized carbons (Fsp3) is 0.0833. The Kier molecular flexibility index (Phi) is 8.60. The molecule has 0 saturated carbocycles. The third kappa shape index (κ3) is 8.25. The first kappa shape index (κ1) is 28.0. The first-order valence-corrected chi connectivity index (χ1v) is 14.4. The molecule has 2 aromatic heterocycles. The van der Waals surface area contributed by atoms with Crippen LogP contribution in [0.3, 0.4) is 0 Å². The number of ether oxygens (including phenoxy) is 2. The van der Waals surface area contributed by atoms with E-state index in [9.17, 15) is 26.9 Å². The Morgan fingerprint density at radius 1 is 0.684 bits per heavy atom. The Labute approximate surface area is 218 Å². The van der Waals surface area contributed by atoms with Crippen LogP contribution >= 0.6 is 0 Å². The van der Waals surface area contributed by atoms with Gasteiger partial charge in [0.05, 0.1) is 26.6 Å². The molecule has 14 heteroatoms. The van der Waals surface area contributed by atoms with Crippen LogP contribution in [0.5, 0.6) is 23.3 Å². The average molecular weight is 559 g/mol. The molecular formula is C24H22N4O8S2. The van der Waals surface area contributed by atoms with Crippen molar-refractivity contribution in [2.75, 3.05) is 18.2 Å². The second-order valence-corrected chi connectivity index (χ2v) is 11.8. The second kappa shape index (κ2) is 11.7. The molecule has 4 aromatic rings. The summed E-state index contributed by atoms with van der Waals surface area (Å²) in [5, 5.41) is 10.5. The largest absolute Gasteiger partial charge is 0.439 e. The minimum absolute atomic E-state index is 0.134. The molecule has 0 spiro atoms. The predicted octanol–water partition coefficient (Wildman–Crippen LogP) is 4.05. The minimum atomic E-state index is -3.25. The second-order valence-electron chi connectivity index (χ2n) is 7.73. The van der Waals surface area contributed by atoms with Crippen molar-refractivity contribution < 1.29 is 31.2 Å². The highest BCUT2D eigenvalue weighted by atomic mass is 32.2. The van der Waals surface area contributed by atoms with Crippen LogP contribution in [0.2, 0.25) is 0 Å². The molecule has 38 heavy (non-hydrogen) atoms.